The zero-order valence-corrected chi connectivity index (χ0v) is 20.9. The fourth-order valence-electron chi connectivity index (χ4n) is 4.88. The Labute approximate surface area is 210 Å². The van der Waals surface area contributed by atoms with E-state index in [2.05, 4.69) is 50.7 Å². The Hall–Kier alpha value is -3.91. The minimum Gasteiger partial charge on any atom is -0.497 e. The zero-order valence-electron chi connectivity index (χ0n) is 20.1. The predicted octanol–water partition coefficient (Wildman–Crippen LogP) is 5.08. The number of aryl methyl sites for hydroxylation is 1. The van der Waals surface area contributed by atoms with Crippen molar-refractivity contribution in [3.05, 3.63) is 95.8 Å². The molecule has 1 aliphatic rings. The van der Waals surface area contributed by atoms with Gasteiger partial charge < -0.3 is 24.3 Å². The summed E-state index contributed by atoms with van der Waals surface area (Å²) in [6, 6.07) is 17.7. The van der Waals surface area contributed by atoms with Crippen LogP contribution in [0, 0.1) is 13.8 Å². The summed E-state index contributed by atoms with van der Waals surface area (Å²) in [5, 5.41) is 4.14. The lowest BCUT2D eigenvalue weighted by Crippen LogP contribution is -2.30. The normalized spacial score (nSPS) is 17.4. The third-order valence-electron chi connectivity index (χ3n) is 6.44. The standard InChI is InChI=1S/C27H27N5O2S/c1-17-14-21(18(2)31(17)19-8-7-12-28-16-19)26-25(22-9-5-6-13-29-22)30-27(35)32(26)23-11-10-20(33-3)15-24(23)34-4/h5-16,25-26H,1-4H3,(H,30,35)/t25-,26+/m1/s1. The maximum atomic E-state index is 5.91. The number of benzene rings is 1. The second-order valence-electron chi connectivity index (χ2n) is 8.41. The van der Waals surface area contributed by atoms with Gasteiger partial charge in [-0.15, -0.1) is 0 Å². The molecule has 0 bridgehead atoms. The molecule has 35 heavy (non-hydrogen) atoms. The van der Waals surface area contributed by atoms with Gasteiger partial charge in [0.15, 0.2) is 5.11 Å². The molecule has 0 unspecified atom stereocenters. The van der Waals surface area contributed by atoms with E-state index in [1.54, 1.807) is 20.4 Å². The molecule has 0 amide bonds. The van der Waals surface area contributed by atoms with Crippen molar-refractivity contribution in [3.8, 4) is 17.2 Å². The Morgan fingerprint density at radius 2 is 1.83 bits per heavy atom. The zero-order chi connectivity index (χ0) is 24.5. The highest BCUT2D eigenvalue weighted by atomic mass is 32.1. The fraction of sp³-hybridized carbons (Fsp3) is 0.222. The van der Waals surface area contributed by atoms with Gasteiger partial charge >= 0.3 is 0 Å². The first kappa shape index (κ1) is 22.9. The molecule has 0 spiro atoms. The summed E-state index contributed by atoms with van der Waals surface area (Å²) in [4.78, 5) is 11.1. The van der Waals surface area contributed by atoms with Crippen LogP contribution in [-0.2, 0) is 0 Å². The van der Waals surface area contributed by atoms with Crippen LogP contribution in [0.3, 0.4) is 0 Å². The highest BCUT2D eigenvalue weighted by Gasteiger charge is 2.43. The first-order valence-electron chi connectivity index (χ1n) is 11.4. The Kier molecular flexibility index (Phi) is 6.13. The Balaban J connectivity index is 1.70. The third kappa shape index (κ3) is 4.00. The maximum Gasteiger partial charge on any atom is 0.174 e. The number of hydrogen-bond acceptors (Lipinski definition) is 5. The van der Waals surface area contributed by atoms with Crippen molar-refractivity contribution in [1.29, 1.82) is 0 Å². The van der Waals surface area contributed by atoms with E-state index in [0.29, 0.717) is 10.9 Å². The first-order chi connectivity index (χ1) is 17.0. The first-order valence-corrected chi connectivity index (χ1v) is 11.8. The molecule has 1 saturated heterocycles. The van der Waals surface area contributed by atoms with Gasteiger partial charge in [-0.05, 0) is 74.1 Å². The monoisotopic (exact) mass is 485 g/mol. The minimum absolute atomic E-state index is 0.154. The number of anilines is 1. The predicted molar refractivity (Wildman–Crippen MR) is 141 cm³/mol. The SMILES string of the molecule is COc1ccc(N2C(=S)N[C@H](c3ccccn3)[C@@H]2c2cc(C)n(-c3cccnc3)c2C)c(OC)c1. The van der Waals surface area contributed by atoms with Crippen molar-refractivity contribution in [3.63, 3.8) is 0 Å². The highest BCUT2D eigenvalue weighted by molar-refractivity contribution is 7.80. The average Bonchev–Trinajstić information content (AvgIpc) is 3.39. The number of aromatic nitrogens is 3. The summed E-state index contributed by atoms with van der Waals surface area (Å²) in [5.41, 5.74) is 6.18. The van der Waals surface area contributed by atoms with E-state index in [1.807, 2.05) is 54.9 Å². The van der Waals surface area contributed by atoms with Gasteiger partial charge in [0.2, 0.25) is 0 Å². The molecule has 4 aromatic rings. The van der Waals surface area contributed by atoms with E-state index < -0.39 is 0 Å². The van der Waals surface area contributed by atoms with Crippen molar-refractivity contribution < 1.29 is 9.47 Å². The summed E-state index contributed by atoms with van der Waals surface area (Å²) >= 11 is 5.91. The van der Waals surface area contributed by atoms with Gasteiger partial charge in [0.1, 0.15) is 11.5 Å². The van der Waals surface area contributed by atoms with E-state index in [4.69, 9.17) is 21.7 Å². The van der Waals surface area contributed by atoms with Crippen LogP contribution in [0.25, 0.3) is 5.69 Å². The molecule has 2 atom stereocenters. The molecule has 0 radical (unpaired) electrons. The Morgan fingerprint density at radius 3 is 2.51 bits per heavy atom. The smallest absolute Gasteiger partial charge is 0.174 e. The quantitative estimate of drug-likeness (QED) is 0.382. The van der Waals surface area contributed by atoms with E-state index >= 15 is 0 Å². The van der Waals surface area contributed by atoms with Gasteiger partial charge in [-0.2, -0.15) is 0 Å². The van der Waals surface area contributed by atoms with E-state index in [0.717, 1.165) is 39.8 Å². The Morgan fingerprint density at radius 1 is 0.971 bits per heavy atom. The summed E-state index contributed by atoms with van der Waals surface area (Å²) in [5.74, 6) is 1.40. The highest BCUT2D eigenvalue weighted by Crippen LogP contribution is 2.46. The number of nitrogens with zero attached hydrogens (tertiary/aromatic N) is 4. The molecule has 1 N–H and O–H groups in total. The molecule has 178 valence electrons. The molecule has 0 saturated carbocycles. The van der Waals surface area contributed by atoms with E-state index in [-0.39, 0.29) is 12.1 Å². The van der Waals surface area contributed by atoms with E-state index in [1.165, 1.54) is 0 Å². The van der Waals surface area contributed by atoms with E-state index in [9.17, 15) is 0 Å². The van der Waals surface area contributed by atoms with Crippen molar-refractivity contribution in [2.24, 2.45) is 0 Å². The van der Waals surface area contributed by atoms with Crippen LogP contribution in [0.15, 0.2) is 73.2 Å². The Bertz CT molecular complexity index is 1360. The summed E-state index contributed by atoms with van der Waals surface area (Å²) in [6.07, 6.45) is 5.47. The summed E-state index contributed by atoms with van der Waals surface area (Å²) in [6.45, 7) is 4.24. The van der Waals surface area contributed by atoms with Crippen molar-refractivity contribution in [1.82, 2.24) is 19.9 Å². The molecule has 5 rings (SSSR count). The lowest BCUT2D eigenvalue weighted by molar-refractivity contribution is 0.394. The second-order valence-corrected chi connectivity index (χ2v) is 8.79. The second kappa shape index (κ2) is 9.38. The van der Waals surface area contributed by atoms with Gasteiger partial charge in [-0.1, -0.05) is 6.07 Å². The number of rotatable bonds is 6. The van der Waals surface area contributed by atoms with Crippen molar-refractivity contribution >= 4 is 23.0 Å². The van der Waals surface area contributed by atoms with Gasteiger partial charge in [-0.25, -0.2) is 0 Å². The van der Waals surface area contributed by atoms with Gasteiger partial charge in [0.05, 0.1) is 49.6 Å². The summed E-state index contributed by atoms with van der Waals surface area (Å²) < 4.78 is 13.4. The van der Waals surface area contributed by atoms with Crippen LogP contribution in [0.5, 0.6) is 11.5 Å². The molecule has 1 fully saturated rings. The number of methoxy groups -OCH3 is 2. The van der Waals surface area contributed by atoms with Crippen LogP contribution in [0.2, 0.25) is 0 Å². The number of hydrogen-bond donors (Lipinski definition) is 1. The number of thiocarbonyl (C=S) groups is 1. The molecule has 1 aromatic carbocycles. The van der Waals surface area contributed by atoms with Crippen LogP contribution >= 0.6 is 12.2 Å². The molecular weight excluding hydrogens is 458 g/mol. The van der Waals surface area contributed by atoms with Crippen LogP contribution in [-0.4, -0.2) is 33.9 Å². The largest absolute Gasteiger partial charge is 0.497 e. The van der Waals surface area contributed by atoms with Gasteiger partial charge in [0, 0.05) is 29.8 Å². The topological polar surface area (TPSA) is 64.4 Å². The molecule has 1 aliphatic heterocycles. The summed E-state index contributed by atoms with van der Waals surface area (Å²) in [7, 11) is 3.30. The lowest BCUT2D eigenvalue weighted by atomic mass is 9.96. The minimum atomic E-state index is -0.156. The fourth-order valence-corrected chi connectivity index (χ4v) is 5.22. The molecular formula is C27H27N5O2S. The van der Waals surface area contributed by atoms with Crippen molar-refractivity contribution in [2.75, 3.05) is 19.1 Å². The van der Waals surface area contributed by atoms with Crippen LogP contribution in [0.1, 0.15) is 34.7 Å². The van der Waals surface area contributed by atoms with Crippen LogP contribution < -0.4 is 19.7 Å². The molecule has 3 aromatic heterocycles. The van der Waals surface area contributed by atoms with Crippen LogP contribution in [0.4, 0.5) is 5.69 Å². The van der Waals surface area contributed by atoms with Crippen molar-refractivity contribution in [2.45, 2.75) is 25.9 Å². The molecule has 8 heteroatoms. The van der Waals surface area contributed by atoms with Gasteiger partial charge in [0.25, 0.3) is 0 Å². The molecule has 4 heterocycles. The average molecular weight is 486 g/mol. The molecule has 0 aliphatic carbocycles. The van der Waals surface area contributed by atoms with Gasteiger partial charge in [-0.3, -0.25) is 9.97 Å². The molecule has 7 nitrogen and oxygen atoms in total. The number of ether oxygens (including phenoxy) is 2. The number of nitrogens with one attached hydrogen (secondary N) is 1. The maximum absolute atomic E-state index is 5.91. The lowest BCUT2D eigenvalue weighted by Gasteiger charge is -2.29. The number of pyridine rings is 2. The third-order valence-corrected chi connectivity index (χ3v) is 6.75.